The van der Waals surface area contributed by atoms with E-state index in [0.717, 1.165) is 16.9 Å². The van der Waals surface area contributed by atoms with Crippen LogP contribution in [0.3, 0.4) is 0 Å². The van der Waals surface area contributed by atoms with Gasteiger partial charge in [0.25, 0.3) is 0 Å². The van der Waals surface area contributed by atoms with E-state index in [-0.39, 0.29) is 0 Å². The van der Waals surface area contributed by atoms with E-state index in [1.807, 2.05) is 23.9 Å². The van der Waals surface area contributed by atoms with Gasteiger partial charge in [0.1, 0.15) is 5.75 Å². The third-order valence-electron chi connectivity index (χ3n) is 2.98. The van der Waals surface area contributed by atoms with Gasteiger partial charge in [-0.05, 0) is 54.5 Å². The van der Waals surface area contributed by atoms with Gasteiger partial charge in [-0.15, -0.1) is 11.8 Å². The van der Waals surface area contributed by atoms with E-state index in [9.17, 15) is 4.79 Å². The maximum Gasteiger partial charge on any atom is 0.513 e. The van der Waals surface area contributed by atoms with E-state index in [1.54, 1.807) is 19.1 Å². The third-order valence-corrected chi connectivity index (χ3v) is 4.20. The topological polar surface area (TPSA) is 35.5 Å². The van der Waals surface area contributed by atoms with Gasteiger partial charge in [0.05, 0.1) is 6.61 Å². The van der Waals surface area contributed by atoms with Crippen molar-refractivity contribution in [3.8, 4) is 16.9 Å². The molecular formula is C18H20O3S. The molecule has 0 heterocycles. The zero-order valence-electron chi connectivity index (χ0n) is 12.9. The van der Waals surface area contributed by atoms with Crippen LogP contribution in [0.2, 0.25) is 0 Å². The zero-order valence-corrected chi connectivity index (χ0v) is 13.7. The van der Waals surface area contributed by atoms with Crippen molar-refractivity contribution >= 4 is 17.9 Å². The highest BCUT2D eigenvalue weighted by molar-refractivity contribution is 7.99. The van der Waals surface area contributed by atoms with Gasteiger partial charge in [-0.25, -0.2) is 4.79 Å². The van der Waals surface area contributed by atoms with Crippen LogP contribution in [-0.4, -0.2) is 18.5 Å². The molecule has 2 aromatic carbocycles. The molecule has 0 aliphatic heterocycles. The number of hydrogen-bond acceptors (Lipinski definition) is 4. The zero-order chi connectivity index (χ0) is 15.8. The quantitative estimate of drug-likeness (QED) is 0.406. The first kappa shape index (κ1) is 16.4. The van der Waals surface area contributed by atoms with Crippen LogP contribution in [0.15, 0.2) is 53.4 Å². The predicted octanol–water partition coefficient (Wildman–Crippen LogP) is 5.39. The third kappa shape index (κ3) is 4.81. The lowest BCUT2D eigenvalue weighted by Gasteiger charge is -2.06. The molecular weight excluding hydrogens is 296 g/mol. The van der Waals surface area contributed by atoms with Crippen molar-refractivity contribution in [3.05, 3.63) is 48.5 Å². The molecule has 0 atom stereocenters. The Labute approximate surface area is 135 Å². The van der Waals surface area contributed by atoms with E-state index in [2.05, 4.69) is 31.2 Å². The molecule has 0 aliphatic carbocycles. The van der Waals surface area contributed by atoms with Gasteiger partial charge in [0.15, 0.2) is 0 Å². The molecule has 0 unspecified atom stereocenters. The molecule has 0 radical (unpaired) electrons. The van der Waals surface area contributed by atoms with Crippen molar-refractivity contribution in [2.24, 2.45) is 0 Å². The van der Waals surface area contributed by atoms with Gasteiger partial charge < -0.3 is 9.47 Å². The summed E-state index contributed by atoms with van der Waals surface area (Å²) in [7, 11) is 0. The fourth-order valence-electron chi connectivity index (χ4n) is 1.92. The normalized spacial score (nSPS) is 10.3. The summed E-state index contributed by atoms with van der Waals surface area (Å²) in [6, 6.07) is 15.9. The molecule has 0 N–H and O–H groups in total. The largest absolute Gasteiger partial charge is 0.513 e. The van der Waals surface area contributed by atoms with Crippen molar-refractivity contribution in [2.45, 2.75) is 25.2 Å². The van der Waals surface area contributed by atoms with Crippen molar-refractivity contribution in [2.75, 3.05) is 12.4 Å². The van der Waals surface area contributed by atoms with E-state index in [1.165, 1.54) is 11.3 Å². The SMILES string of the molecule is CCCSc1ccc(-c2ccc(OC(=O)OCC)cc2)cc1. The van der Waals surface area contributed by atoms with Crippen molar-refractivity contribution in [1.82, 2.24) is 0 Å². The van der Waals surface area contributed by atoms with Crippen LogP contribution in [0, 0.1) is 0 Å². The smallest absolute Gasteiger partial charge is 0.434 e. The first-order valence-electron chi connectivity index (χ1n) is 7.40. The van der Waals surface area contributed by atoms with Crippen LogP contribution in [0.4, 0.5) is 4.79 Å². The van der Waals surface area contributed by atoms with Gasteiger partial charge >= 0.3 is 6.16 Å². The summed E-state index contributed by atoms with van der Waals surface area (Å²) < 4.78 is 9.79. The summed E-state index contributed by atoms with van der Waals surface area (Å²) in [6.07, 6.45) is 0.501. The molecule has 116 valence electrons. The summed E-state index contributed by atoms with van der Waals surface area (Å²) in [5.41, 5.74) is 2.23. The molecule has 0 saturated heterocycles. The average molecular weight is 316 g/mol. The minimum Gasteiger partial charge on any atom is -0.434 e. The fraction of sp³-hybridized carbons (Fsp3) is 0.278. The molecule has 0 bridgehead atoms. The van der Waals surface area contributed by atoms with Gasteiger partial charge in [-0.1, -0.05) is 31.2 Å². The number of ether oxygens (including phenoxy) is 2. The number of thioether (sulfide) groups is 1. The minimum absolute atomic E-state index is 0.305. The summed E-state index contributed by atoms with van der Waals surface area (Å²) in [4.78, 5) is 12.5. The molecule has 0 fully saturated rings. The van der Waals surface area contributed by atoms with Crippen molar-refractivity contribution in [3.63, 3.8) is 0 Å². The van der Waals surface area contributed by atoms with E-state index in [0.29, 0.717) is 12.4 Å². The van der Waals surface area contributed by atoms with Crippen molar-refractivity contribution < 1.29 is 14.3 Å². The molecule has 2 rings (SSSR count). The second kappa shape index (κ2) is 8.49. The number of carbonyl (C=O) groups excluding carboxylic acids is 1. The molecule has 0 amide bonds. The Hall–Kier alpha value is -1.94. The van der Waals surface area contributed by atoms with Crippen molar-refractivity contribution in [1.29, 1.82) is 0 Å². The lowest BCUT2D eigenvalue weighted by atomic mass is 10.1. The molecule has 2 aromatic rings. The molecule has 0 saturated carbocycles. The molecule has 3 nitrogen and oxygen atoms in total. The van der Waals surface area contributed by atoms with Gasteiger partial charge in [-0.2, -0.15) is 0 Å². The van der Waals surface area contributed by atoms with Crippen LogP contribution < -0.4 is 4.74 Å². The Morgan fingerprint density at radius 1 is 0.955 bits per heavy atom. The highest BCUT2D eigenvalue weighted by Crippen LogP contribution is 2.26. The Morgan fingerprint density at radius 2 is 1.55 bits per heavy atom. The van der Waals surface area contributed by atoms with Crippen LogP contribution in [0.1, 0.15) is 20.3 Å². The Kier molecular flexibility index (Phi) is 6.34. The standard InChI is InChI=1S/C18H20O3S/c1-3-13-22-17-11-7-15(8-12-17)14-5-9-16(10-6-14)21-18(19)20-4-2/h5-12H,3-4,13H2,1-2H3. The maximum absolute atomic E-state index is 11.2. The predicted molar refractivity (Wildman–Crippen MR) is 90.5 cm³/mol. The second-order valence-corrected chi connectivity index (χ2v) is 5.85. The molecule has 0 aliphatic rings. The van der Waals surface area contributed by atoms with Crippen LogP contribution in [0.5, 0.6) is 5.75 Å². The van der Waals surface area contributed by atoms with Gasteiger partial charge in [0, 0.05) is 4.90 Å². The highest BCUT2D eigenvalue weighted by Gasteiger charge is 2.05. The number of hydrogen-bond donors (Lipinski definition) is 0. The molecule has 0 spiro atoms. The number of carbonyl (C=O) groups is 1. The molecule has 0 aromatic heterocycles. The fourth-order valence-corrected chi connectivity index (χ4v) is 2.69. The summed E-state index contributed by atoms with van der Waals surface area (Å²) in [5, 5.41) is 0. The Balaban J connectivity index is 2.02. The second-order valence-electron chi connectivity index (χ2n) is 4.68. The monoisotopic (exact) mass is 316 g/mol. The van der Waals surface area contributed by atoms with Crippen LogP contribution in [0.25, 0.3) is 11.1 Å². The first-order valence-corrected chi connectivity index (χ1v) is 8.39. The number of rotatable bonds is 6. The highest BCUT2D eigenvalue weighted by atomic mass is 32.2. The van der Waals surface area contributed by atoms with E-state index >= 15 is 0 Å². The van der Waals surface area contributed by atoms with Crippen LogP contribution >= 0.6 is 11.8 Å². The number of benzene rings is 2. The summed E-state index contributed by atoms with van der Waals surface area (Å²) in [6.45, 7) is 4.23. The van der Waals surface area contributed by atoms with Gasteiger partial charge in [0.2, 0.25) is 0 Å². The Morgan fingerprint density at radius 3 is 2.09 bits per heavy atom. The van der Waals surface area contributed by atoms with Crippen LogP contribution in [-0.2, 0) is 4.74 Å². The first-order chi connectivity index (χ1) is 10.7. The lowest BCUT2D eigenvalue weighted by Crippen LogP contribution is -2.09. The molecule has 22 heavy (non-hydrogen) atoms. The average Bonchev–Trinajstić information content (AvgIpc) is 2.54. The maximum atomic E-state index is 11.2. The lowest BCUT2D eigenvalue weighted by molar-refractivity contribution is 0.104. The summed E-state index contributed by atoms with van der Waals surface area (Å²) >= 11 is 1.87. The summed E-state index contributed by atoms with van der Waals surface area (Å²) in [5.74, 6) is 1.62. The van der Waals surface area contributed by atoms with E-state index < -0.39 is 6.16 Å². The Bertz CT molecular complexity index is 591. The minimum atomic E-state index is -0.674. The van der Waals surface area contributed by atoms with E-state index in [4.69, 9.17) is 9.47 Å². The molecule has 4 heteroatoms. The van der Waals surface area contributed by atoms with Gasteiger partial charge in [-0.3, -0.25) is 0 Å².